The molecule has 0 unspecified atom stereocenters. The highest BCUT2D eigenvalue weighted by molar-refractivity contribution is 7.92. The molecule has 48 heavy (non-hydrogen) atoms. The Morgan fingerprint density at radius 2 is 1.52 bits per heavy atom. The van der Waals surface area contributed by atoms with Gasteiger partial charge < -0.3 is 25.6 Å². The largest absolute Gasteiger partial charge is 0.573 e. The number of anilines is 2. The van der Waals surface area contributed by atoms with Gasteiger partial charge in [0.15, 0.2) is 0 Å². The van der Waals surface area contributed by atoms with Crippen molar-refractivity contribution in [3.63, 3.8) is 0 Å². The minimum Gasteiger partial charge on any atom is -0.483 e. The van der Waals surface area contributed by atoms with Gasteiger partial charge in [0.1, 0.15) is 17.3 Å². The predicted molar refractivity (Wildman–Crippen MR) is 171 cm³/mol. The molecule has 0 heterocycles. The highest BCUT2D eigenvalue weighted by atomic mass is 32.2. The van der Waals surface area contributed by atoms with E-state index < -0.39 is 45.9 Å². The summed E-state index contributed by atoms with van der Waals surface area (Å²) in [6, 6.07) is 24.7. The Morgan fingerprint density at radius 3 is 2.12 bits per heavy atom. The van der Waals surface area contributed by atoms with Gasteiger partial charge in [-0.3, -0.25) is 9.59 Å². The van der Waals surface area contributed by atoms with E-state index in [0.717, 1.165) is 22.2 Å². The second kappa shape index (κ2) is 17.2. The van der Waals surface area contributed by atoms with Gasteiger partial charge in [-0.1, -0.05) is 66.7 Å². The van der Waals surface area contributed by atoms with Crippen LogP contribution in [-0.4, -0.2) is 62.3 Å². The third-order valence-corrected chi connectivity index (χ3v) is 7.71. The van der Waals surface area contributed by atoms with Crippen LogP contribution >= 0.6 is 0 Å². The molecule has 10 nitrogen and oxygen atoms in total. The first-order valence-corrected chi connectivity index (χ1v) is 16.1. The van der Waals surface area contributed by atoms with Gasteiger partial charge in [0.25, 0.3) is 12.4 Å². The number of hydrogen-bond donors (Lipinski definition) is 4. The third-order valence-electron chi connectivity index (χ3n) is 6.65. The lowest BCUT2D eigenvalue weighted by atomic mass is 10.00. The van der Waals surface area contributed by atoms with E-state index in [9.17, 15) is 31.5 Å². The lowest BCUT2D eigenvalue weighted by molar-refractivity contribution is -0.274. The molecular weight excluding hydrogens is 658 g/mol. The maximum absolute atomic E-state index is 15.3. The van der Waals surface area contributed by atoms with Gasteiger partial charge in [-0.2, -0.15) is 0 Å². The van der Waals surface area contributed by atoms with Gasteiger partial charge in [0, 0.05) is 13.1 Å². The molecule has 0 spiro atoms. The molecule has 0 bridgehead atoms. The van der Waals surface area contributed by atoms with Crippen LogP contribution in [0.5, 0.6) is 5.75 Å². The number of para-hydroxylation sites is 2. The maximum Gasteiger partial charge on any atom is 0.573 e. The van der Waals surface area contributed by atoms with Crippen molar-refractivity contribution in [1.82, 2.24) is 10.6 Å². The van der Waals surface area contributed by atoms with Crippen molar-refractivity contribution >= 4 is 33.8 Å². The molecule has 0 radical (unpaired) electrons. The zero-order valence-electron chi connectivity index (χ0n) is 25.5. The smallest absolute Gasteiger partial charge is 0.483 e. The van der Waals surface area contributed by atoms with Crippen LogP contribution in [0.15, 0.2) is 103 Å². The molecule has 4 aromatic carbocycles. The Labute approximate surface area is 274 Å². The maximum atomic E-state index is 15.3. The summed E-state index contributed by atoms with van der Waals surface area (Å²) in [5, 5.41) is 23.7. The number of ether oxygens (including phenoxy) is 1. The Morgan fingerprint density at radius 1 is 0.938 bits per heavy atom. The molecule has 0 saturated carbocycles. The van der Waals surface area contributed by atoms with Crippen molar-refractivity contribution in [3.8, 4) is 5.75 Å². The summed E-state index contributed by atoms with van der Waals surface area (Å²) in [5.41, 5.74) is 0.591. The summed E-state index contributed by atoms with van der Waals surface area (Å²) in [6.07, 6.45) is -5.01. The first-order valence-electron chi connectivity index (χ1n) is 14.2. The van der Waals surface area contributed by atoms with Gasteiger partial charge >= 0.3 is 6.36 Å². The van der Waals surface area contributed by atoms with Crippen LogP contribution in [0.25, 0.3) is 0 Å². The van der Waals surface area contributed by atoms with Crippen molar-refractivity contribution in [2.75, 3.05) is 17.1 Å². The van der Waals surface area contributed by atoms with Crippen LogP contribution in [0.2, 0.25) is 0 Å². The summed E-state index contributed by atoms with van der Waals surface area (Å²) < 4.78 is 83.6. The average Bonchev–Trinajstić information content (AvgIpc) is 3.02. The molecule has 2 atom stereocenters. The van der Waals surface area contributed by atoms with Crippen LogP contribution in [0.4, 0.5) is 28.9 Å². The number of alkyl halides is 3. The first kappa shape index (κ1) is 37.5. The van der Waals surface area contributed by atoms with Gasteiger partial charge in [-0.25, -0.2) is 17.1 Å². The molecule has 0 saturated heterocycles. The molecule has 256 valence electrons. The fourth-order valence-corrected chi connectivity index (χ4v) is 5.73. The standard InChI is InChI=1S/C32H31F4N3O5S.CH2O2/c1-45(42,43)39(24-13-6-3-7-14-24)30-26(16-9-17-27(30)33)31(41)38-28(19-22-10-4-2-5-11-22)29(40)21-37-20-23-12-8-15-25(18-23)44-32(34,35)36;2-1-3/h2-18,28-29,37,40H,19-21H2,1H3,(H,38,41);1H,(H,2,3)/t28-,29+;/m0./s1. The van der Waals surface area contributed by atoms with Crippen molar-refractivity contribution in [2.24, 2.45) is 0 Å². The molecule has 0 aliphatic carbocycles. The highest BCUT2D eigenvalue weighted by Crippen LogP contribution is 2.34. The monoisotopic (exact) mass is 691 g/mol. The van der Waals surface area contributed by atoms with Crippen molar-refractivity contribution < 1.29 is 50.5 Å². The first-order chi connectivity index (χ1) is 22.7. The normalized spacial score (nSPS) is 12.5. The SMILES string of the molecule is CS(=O)(=O)N(c1ccccc1)c1c(F)cccc1C(=O)N[C@@H](Cc1ccccc1)[C@H](O)CNCc1cccc(OC(F)(F)F)c1.O=CO. The number of hydrogen-bond acceptors (Lipinski definition) is 7. The molecule has 0 aromatic heterocycles. The number of rotatable bonds is 13. The lowest BCUT2D eigenvalue weighted by Gasteiger charge is -2.28. The summed E-state index contributed by atoms with van der Waals surface area (Å²) in [4.78, 5) is 22.1. The van der Waals surface area contributed by atoms with E-state index in [-0.39, 0.29) is 43.0 Å². The number of nitrogens with zero attached hydrogens (tertiary/aromatic N) is 1. The van der Waals surface area contributed by atoms with Gasteiger partial charge in [0.05, 0.1) is 29.7 Å². The summed E-state index contributed by atoms with van der Waals surface area (Å²) >= 11 is 0. The van der Waals surface area contributed by atoms with Gasteiger partial charge in [-0.15, -0.1) is 13.2 Å². The topological polar surface area (TPSA) is 145 Å². The fourth-order valence-electron chi connectivity index (χ4n) is 4.71. The highest BCUT2D eigenvalue weighted by Gasteiger charge is 2.32. The summed E-state index contributed by atoms with van der Waals surface area (Å²) in [7, 11) is -4.11. The van der Waals surface area contributed by atoms with E-state index in [1.54, 1.807) is 54.6 Å². The Balaban J connectivity index is 0.00000201. The molecule has 0 aliphatic rings. The minimum absolute atomic E-state index is 0.0760. The Bertz CT molecular complexity index is 1750. The van der Waals surface area contributed by atoms with Crippen molar-refractivity contribution in [1.29, 1.82) is 0 Å². The molecular formula is C33H33F4N3O7S. The molecule has 4 rings (SSSR count). The second-order valence-electron chi connectivity index (χ2n) is 10.3. The van der Waals surface area contributed by atoms with Crippen LogP contribution in [0.1, 0.15) is 21.5 Å². The molecule has 15 heteroatoms. The number of carbonyl (C=O) groups excluding carboxylic acids is 1. The number of sulfonamides is 1. The number of benzene rings is 4. The zero-order valence-corrected chi connectivity index (χ0v) is 26.3. The number of aliphatic hydroxyl groups is 1. The predicted octanol–water partition coefficient (Wildman–Crippen LogP) is 5.01. The van der Waals surface area contributed by atoms with Crippen molar-refractivity contribution in [2.45, 2.75) is 31.5 Å². The number of nitrogens with one attached hydrogen (secondary N) is 2. The van der Waals surface area contributed by atoms with Crippen LogP contribution < -0.4 is 19.7 Å². The minimum atomic E-state index is -4.84. The molecule has 0 fully saturated rings. The lowest BCUT2D eigenvalue weighted by Crippen LogP contribution is -2.49. The molecule has 1 amide bonds. The number of carboxylic acid groups (broad SMARTS) is 1. The number of aliphatic hydroxyl groups excluding tert-OH is 1. The van der Waals surface area contributed by atoms with Crippen LogP contribution in [-0.2, 0) is 27.8 Å². The zero-order chi connectivity index (χ0) is 35.3. The third kappa shape index (κ3) is 11.4. The van der Waals surface area contributed by atoms with Gasteiger partial charge in [0.2, 0.25) is 10.0 Å². The van der Waals surface area contributed by atoms with E-state index in [4.69, 9.17) is 9.90 Å². The Kier molecular flexibility index (Phi) is 13.5. The van der Waals surface area contributed by atoms with Crippen molar-refractivity contribution in [3.05, 3.63) is 126 Å². The molecule has 4 aromatic rings. The van der Waals surface area contributed by atoms with Crippen LogP contribution in [0, 0.1) is 5.82 Å². The second-order valence-corrected chi connectivity index (χ2v) is 12.1. The number of carbonyl (C=O) groups is 2. The summed E-state index contributed by atoms with van der Waals surface area (Å²) in [6.45, 7) is -0.260. The number of amides is 1. The van der Waals surface area contributed by atoms with E-state index in [1.807, 2.05) is 0 Å². The average molecular weight is 692 g/mol. The van der Waals surface area contributed by atoms with E-state index in [1.165, 1.54) is 42.5 Å². The van der Waals surface area contributed by atoms with Gasteiger partial charge in [-0.05, 0) is 53.9 Å². The molecule has 0 aliphatic heterocycles. The number of halogens is 4. The van der Waals surface area contributed by atoms with Crippen LogP contribution in [0.3, 0.4) is 0 Å². The van der Waals surface area contributed by atoms with E-state index >= 15 is 4.39 Å². The van der Waals surface area contributed by atoms with E-state index in [2.05, 4.69) is 15.4 Å². The quantitative estimate of drug-likeness (QED) is 0.113. The summed E-state index contributed by atoms with van der Waals surface area (Å²) in [5.74, 6) is -2.16. The Hall–Kier alpha value is -4.99. The van der Waals surface area contributed by atoms with E-state index in [0.29, 0.717) is 5.56 Å². The molecule has 4 N–H and O–H groups in total. The fraction of sp³-hybridized carbons (Fsp3) is 0.212.